The fourth-order valence-electron chi connectivity index (χ4n) is 2.60. The van der Waals surface area contributed by atoms with Crippen LogP contribution >= 0.6 is 11.6 Å². The molecule has 0 aromatic heterocycles. The lowest BCUT2D eigenvalue weighted by atomic mass is 9.85. The summed E-state index contributed by atoms with van der Waals surface area (Å²) >= 11 is 5.87. The Morgan fingerprint density at radius 1 is 1.35 bits per heavy atom. The van der Waals surface area contributed by atoms with Gasteiger partial charge in [0.15, 0.2) is 0 Å². The van der Waals surface area contributed by atoms with Crippen molar-refractivity contribution in [1.29, 1.82) is 0 Å². The monoisotopic (exact) mass is 295 g/mol. The molecule has 1 aromatic carbocycles. The highest BCUT2D eigenvalue weighted by Crippen LogP contribution is 2.25. The number of carbonyl (C=O) groups is 2. The summed E-state index contributed by atoms with van der Waals surface area (Å²) in [6.45, 7) is 0. The standard InChI is InChI=1S/C15H18ClNO3/c1-20-15(19)11-5-3-7-13(9-11)17-14(18)10-4-2-6-12(16)8-10/h2,4,6,8,11,13H,3,5,7,9H2,1H3,(H,17,18)/t11-,13?/m1/s1. The van der Waals surface area contributed by atoms with Crippen LogP contribution in [0, 0.1) is 5.92 Å². The van der Waals surface area contributed by atoms with Crippen molar-refractivity contribution in [2.45, 2.75) is 31.7 Å². The Hall–Kier alpha value is -1.55. The van der Waals surface area contributed by atoms with Gasteiger partial charge in [0.2, 0.25) is 0 Å². The molecule has 108 valence electrons. The number of ether oxygens (including phenoxy) is 1. The zero-order valence-electron chi connectivity index (χ0n) is 11.4. The van der Waals surface area contributed by atoms with Crippen molar-refractivity contribution >= 4 is 23.5 Å². The minimum absolute atomic E-state index is 0.0133. The number of halogens is 1. The topological polar surface area (TPSA) is 55.4 Å². The van der Waals surface area contributed by atoms with Crippen molar-refractivity contribution in [3.63, 3.8) is 0 Å². The molecule has 1 saturated carbocycles. The number of esters is 1. The van der Waals surface area contributed by atoms with Crippen LogP contribution in [-0.2, 0) is 9.53 Å². The molecule has 2 atom stereocenters. The van der Waals surface area contributed by atoms with E-state index in [0.717, 1.165) is 19.3 Å². The SMILES string of the molecule is COC(=O)[C@@H]1CCCC(NC(=O)c2cccc(Cl)c2)C1. The highest BCUT2D eigenvalue weighted by Gasteiger charge is 2.28. The van der Waals surface area contributed by atoms with Gasteiger partial charge in [-0.25, -0.2) is 0 Å². The zero-order chi connectivity index (χ0) is 14.5. The Morgan fingerprint density at radius 2 is 2.15 bits per heavy atom. The molecule has 0 bridgehead atoms. The Kier molecular flexibility index (Phi) is 5.01. The van der Waals surface area contributed by atoms with E-state index in [0.29, 0.717) is 17.0 Å². The van der Waals surface area contributed by atoms with Gasteiger partial charge in [-0.15, -0.1) is 0 Å². The Bertz CT molecular complexity index is 504. The number of benzene rings is 1. The number of carbonyl (C=O) groups excluding carboxylic acids is 2. The summed E-state index contributed by atoms with van der Waals surface area (Å²) in [6.07, 6.45) is 3.27. The van der Waals surface area contributed by atoms with Gasteiger partial charge in [0.25, 0.3) is 5.91 Å². The first-order chi connectivity index (χ1) is 9.60. The molecular weight excluding hydrogens is 278 g/mol. The number of hydrogen-bond donors (Lipinski definition) is 1. The Balaban J connectivity index is 1.96. The van der Waals surface area contributed by atoms with E-state index >= 15 is 0 Å². The summed E-state index contributed by atoms with van der Waals surface area (Å²) in [5.41, 5.74) is 0.540. The molecule has 0 heterocycles. The maximum atomic E-state index is 12.1. The smallest absolute Gasteiger partial charge is 0.308 e. The van der Waals surface area contributed by atoms with Crippen LogP contribution in [-0.4, -0.2) is 25.0 Å². The second-order valence-corrected chi connectivity index (χ2v) is 5.50. The molecule has 5 heteroatoms. The average Bonchev–Trinajstić information content (AvgIpc) is 2.46. The van der Waals surface area contributed by atoms with Crippen molar-refractivity contribution < 1.29 is 14.3 Å². The van der Waals surface area contributed by atoms with Gasteiger partial charge in [-0.2, -0.15) is 0 Å². The molecule has 0 spiro atoms. The first-order valence-electron chi connectivity index (χ1n) is 6.74. The molecule has 0 aliphatic heterocycles. The van der Waals surface area contributed by atoms with E-state index in [2.05, 4.69) is 5.32 Å². The summed E-state index contributed by atoms with van der Waals surface area (Å²) in [4.78, 5) is 23.7. The van der Waals surface area contributed by atoms with E-state index in [1.807, 2.05) is 0 Å². The van der Waals surface area contributed by atoms with Gasteiger partial charge in [0.1, 0.15) is 0 Å². The summed E-state index contributed by atoms with van der Waals surface area (Å²) in [5, 5.41) is 3.50. The predicted octanol–water partition coefficient (Wildman–Crippen LogP) is 2.80. The number of amides is 1. The van der Waals surface area contributed by atoms with E-state index in [1.54, 1.807) is 24.3 Å². The molecule has 0 saturated heterocycles. The largest absolute Gasteiger partial charge is 0.469 e. The average molecular weight is 296 g/mol. The van der Waals surface area contributed by atoms with E-state index < -0.39 is 0 Å². The zero-order valence-corrected chi connectivity index (χ0v) is 12.2. The van der Waals surface area contributed by atoms with Crippen molar-refractivity contribution in [1.82, 2.24) is 5.32 Å². The number of methoxy groups -OCH3 is 1. The lowest BCUT2D eigenvalue weighted by Crippen LogP contribution is -2.40. The van der Waals surface area contributed by atoms with Gasteiger partial charge in [-0.05, 0) is 37.5 Å². The summed E-state index contributed by atoms with van der Waals surface area (Å²) < 4.78 is 4.77. The third kappa shape index (κ3) is 3.73. The van der Waals surface area contributed by atoms with Crippen molar-refractivity contribution in [3.8, 4) is 0 Å². The molecule has 1 amide bonds. The molecule has 1 aliphatic rings. The molecular formula is C15H18ClNO3. The van der Waals surface area contributed by atoms with Gasteiger partial charge in [0, 0.05) is 16.6 Å². The van der Waals surface area contributed by atoms with Crippen LogP contribution in [0.15, 0.2) is 24.3 Å². The number of rotatable bonds is 3. The highest BCUT2D eigenvalue weighted by molar-refractivity contribution is 6.30. The molecule has 0 radical (unpaired) electrons. The third-order valence-electron chi connectivity index (χ3n) is 3.63. The molecule has 1 fully saturated rings. The quantitative estimate of drug-likeness (QED) is 0.873. The minimum atomic E-state index is -0.188. The maximum Gasteiger partial charge on any atom is 0.308 e. The van der Waals surface area contributed by atoms with E-state index in [9.17, 15) is 9.59 Å². The molecule has 1 unspecified atom stereocenters. The van der Waals surface area contributed by atoms with Crippen LogP contribution in [0.4, 0.5) is 0 Å². The highest BCUT2D eigenvalue weighted by atomic mass is 35.5. The summed E-state index contributed by atoms with van der Waals surface area (Å²) in [7, 11) is 1.40. The third-order valence-corrected chi connectivity index (χ3v) is 3.87. The first-order valence-corrected chi connectivity index (χ1v) is 7.12. The first kappa shape index (κ1) is 14.9. The van der Waals surface area contributed by atoms with Crippen molar-refractivity contribution in [3.05, 3.63) is 34.9 Å². The van der Waals surface area contributed by atoms with Crippen LogP contribution in [0.2, 0.25) is 5.02 Å². The van der Waals surface area contributed by atoms with Crippen LogP contribution < -0.4 is 5.32 Å². The molecule has 1 aliphatic carbocycles. The van der Waals surface area contributed by atoms with Crippen LogP contribution in [0.25, 0.3) is 0 Å². The molecule has 1 N–H and O–H groups in total. The van der Waals surface area contributed by atoms with Gasteiger partial charge < -0.3 is 10.1 Å². The van der Waals surface area contributed by atoms with Gasteiger partial charge >= 0.3 is 5.97 Å². The fourth-order valence-corrected chi connectivity index (χ4v) is 2.79. The summed E-state index contributed by atoms with van der Waals surface area (Å²) in [6, 6.07) is 6.85. The molecule has 1 aromatic rings. The minimum Gasteiger partial charge on any atom is -0.469 e. The van der Waals surface area contributed by atoms with Crippen LogP contribution in [0.3, 0.4) is 0 Å². The lowest BCUT2D eigenvalue weighted by Gasteiger charge is -2.28. The van der Waals surface area contributed by atoms with Gasteiger partial charge in [-0.1, -0.05) is 24.1 Å². The lowest BCUT2D eigenvalue weighted by molar-refractivity contribution is -0.146. The van der Waals surface area contributed by atoms with Gasteiger partial charge in [-0.3, -0.25) is 9.59 Å². The predicted molar refractivity (Wildman–Crippen MR) is 76.7 cm³/mol. The second-order valence-electron chi connectivity index (χ2n) is 5.07. The number of nitrogens with one attached hydrogen (secondary N) is 1. The Labute approximate surface area is 123 Å². The van der Waals surface area contributed by atoms with Gasteiger partial charge in [0.05, 0.1) is 13.0 Å². The second kappa shape index (κ2) is 6.75. The van der Waals surface area contributed by atoms with Crippen molar-refractivity contribution in [2.75, 3.05) is 7.11 Å². The Morgan fingerprint density at radius 3 is 2.85 bits per heavy atom. The maximum absolute atomic E-state index is 12.1. The van der Waals surface area contributed by atoms with E-state index in [1.165, 1.54) is 7.11 Å². The summed E-state index contributed by atoms with van der Waals surface area (Å²) in [5.74, 6) is -0.451. The van der Waals surface area contributed by atoms with Crippen molar-refractivity contribution in [2.24, 2.45) is 5.92 Å². The van der Waals surface area contributed by atoms with E-state index in [4.69, 9.17) is 16.3 Å². The molecule has 2 rings (SSSR count). The van der Waals surface area contributed by atoms with E-state index in [-0.39, 0.29) is 23.8 Å². The number of hydrogen-bond acceptors (Lipinski definition) is 3. The molecule has 20 heavy (non-hydrogen) atoms. The van der Waals surface area contributed by atoms with Crippen LogP contribution in [0.5, 0.6) is 0 Å². The normalized spacial score (nSPS) is 22.1. The fraction of sp³-hybridized carbons (Fsp3) is 0.467. The van der Waals surface area contributed by atoms with Crippen LogP contribution in [0.1, 0.15) is 36.0 Å². The molecule has 4 nitrogen and oxygen atoms in total.